The van der Waals surface area contributed by atoms with E-state index < -0.39 is 0 Å². The van der Waals surface area contributed by atoms with Gasteiger partial charge in [-0.25, -0.2) is 0 Å². The van der Waals surface area contributed by atoms with Crippen LogP contribution in [0.5, 0.6) is 0 Å². The van der Waals surface area contributed by atoms with Crippen LogP contribution in [0, 0.1) is 11.8 Å². The van der Waals surface area contributed by atoms with Crippen LogP contribution in [-0.4, -0.2) is 37.6 Å². The van der Waals surface area contributed by atoms with Crippen LogP contribution < -0.4 is 5.32 Å². The number of nitrogens with zero attached hydrogens (tertiary/aromatic N) is 1. The topological polar surface area (TPSA) is 15.3 Å². The molecule has 0 amide bonds. The van der Waals surface area contributed by atoms with E-state index in [2.05, 4.69) is 24.2 Å². The summed E-state index contributed by atoms with van der Waals surface area (Å²) in [6.45, 7) is 6.23. The first kappa shape index (κ1) is 11.4. The highest BCUT2D eigenvalue weighted by Crippen LogP contribution is 2.26. The summed E-state index contributed by atoms with van der Waals surface area (Å²) in [5, 5.41) is 3.35. The Hall–Kier alpha value is -0.0800. The third-order valence-electron chi connectivity index (χ3n) is 4.36. The molecule has 2 aliphatic rings. The number of nitrogens with one attached hydrogen (secondary N) is 1. The molecule has 0 unspecified atom stereocenters. The lowest BCUT2D eigenvalue weighted by Crippen LogP contribution is -2.44. The molecular weight excluding hydrogens is 184 g/mol. The monoisotopic (exact) mass is 210 g/mol. The van der Waals surface area contributed by atoms with Gasteiger partial charge in [-0.05, 0) is 70.6 Å². The minimum atomic E-state index is 0.884. The van der Waals surface area contributed by atoms with E-state index in [9.17, 15) is 0 Å². The second kappa shape index (κ2) is 5.31. The lowest BCUT2D eigenvalue weighted by Gasteiger charge is -2.35. The van der Waals surface area contributed by atoms with Crippen molar-refractivity contribution in [1.29, 1.82) is 0 Å². The summed E-state index contributed by atoms with van der Waals surface area (Å²) in [6.07, 6.45) is 7.15. The van der Waals surface area contributed by atoms with Crippen LogP contribution in [0.25, 0.3) is 0 Å². The van der Waals surface area contributed by atoms with Gasteiger partial charge in [0, 0.05) is 6.04 Å². The van der Waals surface area contributed by atoms with Crippen molar-refractivity contribution >= 4 is 0 Å². The van der Waals surface area contributed by atoms with Gasteiger partial charge < -0.3 is 10.2 Å². The van der Waals surface area contributed by atoms with Crippen LogP contribution in [0.15, 0.2) is 0 Å². The van der Waals surface area contributed by atoms with Crippen LogP contribution in [0.4, 0.5) is 0 Å². The van der Waals surface area contributed by atoms with E-state index in [1.165, 1.54) is 51.7 Å². The molecule has 0 bridgehead atoms. The standard InChI is InChI=1S/C13H26N2/c1-11-3-5-13(6-4-11)15(2)8-7-12-9-14-10-12/h11-14H,3-10H2,1-2H3. The zero-order valence-corrected chi connectivity index (χ0v) is 10.3. The average Bonchev–Trinajstić information content (AvgIpc) is 2.16. The summed E-state index contributed by atoms with van der Waals surface area (Å²) in [7, 11) is 2.33. The molecule has 1 saturated heterocycles. The molecule has 2 nitrogen and oxygen atoms in total. The van der Waals surface area contributed by atoms with Gasteiger partial charge >= 0.3 is 0 Å². The molecule has 1 aliphatic carbocycles. The van der Waals surface area contributed by atoms with Gasteiger partial charge in [-0.1, -0.05) is 6.92 Å². The molecule has 15 heavy (non-hydrogen) atoms. The number of rotatable bonds is 4. The van der Waals surface area contributed by atoms with E-state index >= 15 is 0 Å². The van der Waals surface area contributed by atoms with E-state index in [1.54, 1.807) is 0 Å². The third kappa shape index (κ3) is 3.18. The predicted molar refractivity (Wildman–Crippen MR) is 65.0 cm³/mol. The Kier molecular flexibility index (Phi) is 4.04. The zero-order chi connectivity index (χ0) is 10.7. The summed E-state index contributed by atoms with van der Waals surface area (Å²) in [6, 6.07) is 0.884. The molecule has 1 N–H and O–H groups in total. The Balaban J connectivity index is 1.63. The largest absolute Gasteiger partial charge is 0.316 e. The molecule has 0 aromatic heterocycles. The average molecular weight is 210 g/mol. The van der Waals surface area contributed by atoms with E-state index in [1.807, 2.05) is 0 Å². The highest BCUT2D eigenvalue weighted by Gasteiger charge is 2.23. The van der Waals surface area contributed by atoms with Gasteiger partial charge in [-0.3, -0.25) is 0 Å². The molecule has 2 heteroatoms. The quantitative estimate of drug-likeness (QED) is 0.764. The normalized spacial score (nSPS) is 33.0. The highest BCUT2D eigenvalue weighted by molar-refractivity contribution is 4.79. The van der Waals surface area contributed by atoms with Crippen molar-refractivity contribution in [3.8, 4) is 0 Å². The summed E-state index contributed by atoms with van der Waals surface area (Å²) >= 11 is 0. The Morgan fingerprint density at radius 2 is 1.80 bits per heavy atom. The highest BCUT2D eigenvalue weighted by atomic mass is 15.1. The Morgan fingerprint density at radius 1 is 1.13 bits per heavy atom. The van der Waals surface area contributed by atoms with Crippen molar-refractivity contribution in [2.75, 3.05) is 26.7 Å². The minimum Gasteiger partial charge on any atom is -0.316 e. The Morgan fingerprint density at radius 3 is 2.33 bits per heavy atom. The fourth-order valence-corrected chi connectivity index (χ4v) is 2.80. The minimum absolute atomic E-state index is 0.884. The van der Waals surface area contributed by atoms with Gasteiger partial charge in [-0.2, -0.15) is 0 Å². The lowest BCUT2D eigenvalue weighted by atomic mass is 9.86. The second-order valence-corrected chi connectivity index (χ2v) is 5.71. The fraction of sp³-hybridized carbons (Fsp3) is 1.00. The Labute approximate surface area is 94.4 Å². The fourth-order valence-electron chi connectivity index (χ4n) is 2.80. The summed E-state index contributed by atoms with van der Waals surface area (Å²) in [5.74, 6) is 1.94. The van der Waals surface area contributed by atoms with Crippen LogP contribution in [0.2, 0.25) is 0 Å². The predicted octanol–water partition coefficient (Wildman–Crippen LogP) is 2.11. The molecule has 0 atom stereocenters. The van der Waals surface area contributed by atoms with Gasteiger partial charge in [0.2, 0.25) is 0 Å². The molecule has 2 rings (SSSR count). The molecule has 0 aromatic rings. The zero-order valence-electron chi connectivity index (χ0n) is 10.3. The number of hydrogen-bond acceptors (Lipinski definition) is 2. The smallest absolute Gasteiger partial charge is 0.00924 e. The molecule has 2 fully saturated rings. The number of hydrogen-bond donors (Lipinski definition) is 1. The molecule has 0 radical (unpaired) electrons. The lowest BCUT2D eigenvalue weighted by molar-refractivity contribution is 0.154. The third-order valence-corrected chi connectivity index (χ3v) is 4.36. The van der Waals surface area contributed by atoms with Crippen LogP contribution in [0.3, 0.4) is 0 Å². The molecular formula is C13H26N2. The molecule has 1 aliphatic heterocycles. The molecule has 88 valence electrons. The maximum absolute atomic E-state index is 3.35. The first-order valence-corrected chi connectivity index (χ1v) is 6.66. The SMILES string of the molecule is CC1CCC(N(C)CCC2CNC2)CC1. The van der Waals surface area contributed by atoms with Crippen molar-refractivity contribution in [2.45, 2.75) is 45.1 Å². The van der Waals surface area contributed by atoms with E-state index in [4.69, 9.17) is 0 Å². The van der Waals surface area contributed by atoms with Crippen LogP contribution >= 0.6 is 0 Å². The molecule has 1 heterocycles. The van der Waals surface area contributed by atoms with Crippen molar-refractivity contribution < 1.29 is 0 Å². The van der Waals surface area contributed by atoms with Gasteiger partial charge in [0.15, 0.2) is 0 Å². The summed E-state index contributed by atoms with van der Waals surface area (Å²) in [4.78, 5) is 2.62. The van der Waals surface area contributed by atoms with E-state index in [0.717, 1.165) is 17.9 Å². The van der Waals surface area contributed by atoms with Gasteiger partial charge in [0.25, 0.3) is 0 Å². The maximum atomic E-state index is 3.35. The maximum Gasteiger partial charge on any atom is 0.00924 e. The summed E-state index contributed by atoms with van der Waals surface area (Å²) in [5.41, 5.74) is 0. The second-order valence-electron chi connectivity index (χ2n) is 5.71. The molecule has 1 saturated carbocycles. The Bertz CT molecular complexity index is 181. The van der Waals surface area contributed by atoms with Crippen molar-refractivity contribution in [3.63, 3.8) is 0 Å². The summed E-state index contributed by atoms with van der Waals surface area (Å²) < 4.78 is 0. The van der Waals surface area contributed by atoms with Crippen LogP contribution in [0.1, 0.15) is 39.0 Å². The van der Waals surface area contributed by atoms with Gasteiger partial charge in [0.1, 0.15) is 0 Å². The van der Waals surface area contributed by atoms with Crippen molar-refractivity contribution in [3.05, 3.63) is 0 Å². The van der Waals surface area contributed by atoms with Gasteiger partial charge in [0.05, 0.1) is 0 Å². The van der Waals surface area contributed by atoms with Crippen LogP contribution in [-0.2, 0) is 0 Å². The molecule has 0 spiro atoms. The van der Waals surface area contributed by atoms with Crippen molar-refractivity contribution in [2.24, 2.45) is 11.8 Å². The van der Waals surface area contributed by atoms with E-state index in [-0.39, 0.29) is 0 Å². The molecule has 0 aromatic carbocycles. The van der Waals surface area contributed by atoms with Crippen molar-refractivity contribution in [1.82, 2.24) is 10.2 Å². The first-order valence-electron chi connectivity index (χ1n) is 6.66. The first-order chi connectivity index (χ1) is 7.25. The van der Waals surface area contributed by atoms with Gasteiger partial charge in [-0.15, -0.1) is 0 Å². The van der Waals surface area contributed by atoms with E-state index in [0.29, 0.717) is 0 Å².